The Balaban J connectivity index is 1.47. The molecule has 144 valence electrons. The first-order chi connectivity index (χ1) is 13.6. The summed E-state index contributed by atoms with van der Waals surface area (Å²) in [7, 11) is 1.64. The lowest BCUT2D eigenvalue weighted by molar-refractivity contribution is -0.132. The number of carbonyl (C=O) groups excluding carboxylic acids is 2. The van der Waals surface area contributed by atoms with E-state index in [1.165, 1.54) is 16.7 Å². The van der Waals surface area contributed by atoms with Gasteiger partial charge in [-0.2, -0.15) is 0 Å². The third kappa shape index (κ3) is 4.33. The number of fused-ring (bicyclic) bond motifs is 1. The van der Waals surface area contributed by atoms with Crippen molar-refractivity contribution >= 4 is 34.5 Å². The molecule has 8 heteroatoms. The van der Waals surface area contributed by atoms with Crippen LogP contribution in [0.4, 0.5) is 0 Å². The first-order valence-electron chi connectivity index (χ1n) is 9.07. The summed E-state index contributed by atoms with van der Waals surface area (Å²) in [6, 6.07) is 11.5. The van der Waals surface area contributed by atoms with Gasteiger partial charge in [-0.25, -0.2) is 9.97 Å². The van der Waals surface area contributed by atoms with Crippen LogP contribution in [0, 0.1) is 0 Å². The minimum atomic E-state index is -0.127. The molecule has 1 aromatic carbocycles. The normalized spacial score (nSPS) is 13.5. The summed E-state index contributed by atoms with van der Waals surface area (Å²) >= 11 is 1.34. The van der Waals surface area contributed by atoms with Crippen LogP contribution in [0.25, 0.3) is 22.5 Å². The highest BCUT2D eigenvalue weighted by Crippen LogP contribution is 2.28. The third-order valence-electron chi connectivity index (χ3n) is 4.39. The predicted octanol–water partition coefficient (Wildman–Crippen LogP) is 2.72. The number of amides is 2. The zero-order chi connectivity index (χ0) is 19.5. The summed E-state index contributed by atoms with van der Waals surface area (Å²) < 4.78 is 5.41. The molecule has 2 amide bonds. The molecule has 7 nitrogen and oxygen atoms in total. The minimum absolute atomic E-state index is 0.0675. The van der Waals surface area contributed by atoms with Gasteiger partial charge in [0.1, 0.15) is 5.03 Å². The van der Waals surface area contributed by atoms with Crippen molar-refractivity contribution in [1.82, 2.24) is 20.2 Å². The molecule has 0 bridgehead atoms. The molecule has 2 aromatic heterocycles. The van der Waals surface area contributed by atoms with E-state index in [-0.39, 0.29) is 30.2 Å². The van der Waals surface area contributed by atoms with Gasteiger partial charge in [0.05, 0.1) is 24.1 Å². The molecule has 28 heavy (non-hydrogen) atoms. The molecule has 0 radical (unpaired) electrons. The fraction of sp³-hybridized carbons (Fsp3) is 0.300. The van der Waals surface area contributed by atoms with Crippen molar-refractivity contribution in [2.45, 2.75) is 23.9 Å². The average Bonchev–Trinajstić information content (AvgIpc) is 3.33. The first-order valence-corrected chi connectivity index (χ1v) is 10.1. The van der Waals surface area contributed by atoms with Gasteiger partial charge < -0.3 is 14.6 Å². The molecule has 0 atom stereocenters. The van der Waals surface area contributed by atoms with Crippen molar-refractivity contribution in [1.29, 1.82) is 0 Å². The zero-order valence-corrected chi connectivity index (χ0v) is 16.2. The van der Waals surface area contributed by atoms with Crippen LogP contribution in [-0.4, -0.2) is 52.1 Å². The number of benzene rings is 1. The zero-order valence-electron chi connectivity index (χ0n) is 15.4. The summed E-state index contributed by atoms with van der Waals surface area (Å²) in [4.78, 5) is 34.9. The summed E-state index contributed by atoms with van der Waals surface area (Å²) in [5.74, 6) is 1.00. The van der Waals surface area contributed by atoms with Crippen LogP contribution < -0.4 is 5.32 Å². The summed E-state index contributed by atoms with van der Waals surface area (Å²) in [5.41, 5.74) is 0.788. The van der Waals surface area contributed by atoms with Gasteiger partial charge in [0, 0.05) is 18.5 Å². The second kappa shape index (κ2) is 8.02. The Morgan fingerprint density at radius 2 is 2.04 bits per heavy atom. The number of para-hydroxylation sites is 1. The lowest BCUT2D eigenvalue weighted by atomic mass is 10.2. The van der Waals surface area contributed by atoms with E-state index >= 15 is 0 Å². The minimum Gasteiger partial charge on any atom is -0.461 e. The number of thioether (sulfide) groups is 1. The molecule has 3 aromatic rings. The van der Waals surface area contributed by atoms with Gasteiger partial charge in [0.15, 0.2) is 11.6 Å². The predicted molar refractivity (Wildman–Crippen MR) is 107 cm³/mol. The number of carbonyl (C=O) groups is 2. The van der Waals surface area contributed by atoms with Crippen LogP contribution in [-0.2, 0) is 9.59 Å². The Morgan fingerprint density at radius 1 is 1.21 bits per heavy atom. The van der Waals surface area contributed by atoms with E-state index in [1.807, 2.05) is 24.3 Å². The standard InChI is InChI=1S/C20H20N4O3S/c1-24(11-17(25)21-13-8-9-13)18(26)12-28-20-14-5-2-3-6-15(14)22-19(23-20)16-7-4-10-27-16/h2-7,10,13H,8-9,11-12H2,1H3,(H,21,25). The quantitative estimate of drug-likeness (QED) is 0.488. The van der Waals surface area contributed by atoms with Crippen molar-refractivity contribution in [2.24, 2.45) is 0 Å². The van der Waals surface area contributed by atoms with Gasteiger partial charge in [0.25, 0.3) is 0 Å². The van der Waals surface area contributed by atoms with Crippen LogP contribution in [0.1, 0.15) is 12.8 Å². The molecule has 1 aliphatic carbocycles. The largest absolute Gasteiger partial charge is 0.461 e. The molecule has 0 unspecified atom stereocenters. The Hall–Kier alpha value is -2.87. The number of hydrogen-bond acceptors (Lipinski definition) is 6. The molecule has 1 aliphatic rings. The fourth-order valence-corrected chi connectivity index (χ4v) is 3.68. The summed E-state index contributed by atoms with van der Waals surface area (Å²) in [6.45, 7) is 0.0675. The molecule has 1 fully saturated rings. The smallest absolute Gasteiger partial charge is 0.239 e. The molecule has 4 rings (SSSR count). The van der Waals surface area contributed by atoms with Crippen LogP contribution in [0.15, 0.2) is 52.1 Å². The van der Waals surface area contributed by atoms with E-state index in [0.717, 1.165) is 23.7 Å². The average molecular weight is 396 g/mol. The Kier molecular flexibility index (Phi) is 5.29. The molecule has 2 heterocycles. The molecule has 0 aliphatic heterocycles. The molecular formula is C20H20N4O3S. The molecule has 1 saturated carbocycles. The van der Waals surface area contributed by atoms with Crippen LogP contribution >= 0.6 is 11.8 Å². The number of furan rings is 1. The molecule has 0 spiro atoms. The van der Waals surface area contributed by atoms with Crippen molar-refractivity contribution < 1.29 is 14.0 Å². The van der Waals surface area contributed by atoms with Crippen LogP contribution in [0.3, 0.4) is 0 Å². The van der Waals surface area contributed by atoms with Gasteiger partial charge in [0.2, 0.25) is 11.8 Å². The number of nitrogens with one attached hydrogen (secondary N) is 1. The van der Waals surface area contributed by atoms with Crippen LogP contribution in [0.2, 0.25) is 0 Å². The number of likely N-dealkylation sites (N-methyl/N-ethyl adjacent to an activating group) is 1. The number of nitrogens with zero attached hydrogens (tertiary/aromatic N) is 3. The van der Waals surface area contributed by atoms with Crippen molar-refractivity contribution in [3.8, 4) is 11.6 Å². The molecule has 0 saturated heterocycles. The van der Waals surface area contributed by atoms with Crippen molar-refractivity contribution in [3.63, 3.8) is 0 Å². The topological polar surface area (TPSA) is 88.3 Å². The summed E-state index contributed by atoms with van der Waals surface area (Å²) in [5, 5.41) is 4.48. The van der Waals surface area contributed by atoms with Crippen molar-refractivity contribution in [3.05, 3.63) is 42.7 Å². The highest BCUT2D eigenvalue weighted by molar-refractivity contribution is 8.00. The number of aromatic nitrogens is 2. The van der Waals surface area contributed by atoms with E-state index in [0.29, 0.717) is 16.6 Å². The summed E-state index contributed by atoms with van der Waals surface area (Å²) in [6.07, 6.45) is 3.63. The van der Waals surface area contributed by atoms with Crippen molar-refractivity contribution in [2.75, 3.05) is 19.3 Å². The van der Waals surface area contributed by atoms with Gasteiger partial charge >= 0.3 is 0 Å². The lowest BCUT2D eigenvalue weighted by Gasteiger charge is -2.16. The molecular weight excluding hydrogens is 376 g/mol. The van der Waals surface area contributed by atoms with E-state index in [4.69, 9.17) is 4.42 Å². The molecule has 1 N–H and O–H groups in total. The highest BCUT2D eigenvalue weighted by atomic mass is 32.2. The Labute approximate surface area is 166 Å². The van der Waals surface area contributed by atoms with E-state index in [1.54, 1.807) is 25.4 Å². The van der Waals surface area contributed by atoms with Gasteiger partial charge in [-0.1, -0.05) is 30.0 Å². The number of rotatable bonds is 7. The Bertz CT molecular complexity index is 1000. The number of hydrogen-bond donors (Lipinski definition) is 1. The lowest BCUT2D eigenvalue weighted by Crippen LogP contribution is -2.39. The highest BCUT2D eigenvalue weighted by Gasteiger charge is 2.24. The van der Waals surface area contributed by atoms with Crippen LogP contribution in [0.5, 0.6) is 0 Å². The Morgan fingerprint density at radius 3 is 2.79 bits per heavy atom. The maximum absolute atomic E-state index is 12.5. The maximum Gasteiger partial charge on any atom is 0.239 e. The second-order valence-corrected chi connectivity index (χ2v) is 7.69. The maximum atomic E-state index is 12.5. The van der Waals surface area contributed by atoms with Gasteiger partial charge in [-0.3, -0.25) is 9.59 Å². The third-order valence-corrected chi connectivity index (χ3v) is 5.37. The van der Waals surface area contributed by atoms with E-state index in [9.17, 15) is 9.59 Å². The monoisotopic (exact) mass is 396 g/mol. The van der Waals surface area contributed by atoms with E-state index in [2.05, 4.69) is 15.3 Å². The first kappa shape index (κ1) is 18.5. The van der Waals surface area contributed by atoms with E-state index < -0.39 is 0 Å². The fourth-order valence-electron chi connectivity index (χ4n) is 2.72. The SMILES string of the molecule is CN(CC(=O)NC1CC1)C(=O)CSc1nc(-c2ccco2)nc2ccccc12. The van der Waals surface area contributed by atoms with Gasteiger partial charge in [-0.05, 0) is 31.0 Å². The van der Waals surface area contributed by atoms with Gasteiger partial charge in [-0.15, -0.1) is 0 Å². The second-order valence-electron chi connectivity index (χ2n) is 6.73.